The number of para-hydroxylation sites is 1. The maximum Gasteiger partial charge on any atom is 0.335 e. The number of fused-ring (bicyclic) bond motifs is 1. The number of carbonyl (C=O) groups excluding carboxylic acids is 1. The van der Waals surface area contributed by atoms with E-state index in [2.05, 4.69) is 5.32 Å². The highest BCUT2D eigenvalue weighted by Gasteiger charge is 2.17. The third-order valence-electron chi connectivity index (χ3n) is 3.41. The van der Waals surface area contributed by atoms with E-state index in [0.717, 1.165) is 0 Å². The number of furan rings is 1. The fourth-order valence-electron chi connectivity index (χ4n) is 2.25. The number of methoxy groups -OCH3 is 1. The van der Waals surface area contributed by atoms with Gasteiger partial charge in [-0.25, -0.2) is 4.79 Å². The van der Waals surface area contributed by atoms with Gasteiger partial charge in [0.25, 0.3) is 5.91 Å². The summed E-state index contributed by atoms with van der Waals surface area (Å²) in [7, 11) is 1.51. The number of carboxylic acid groups (broad SMARTS) is 1. The van der Waals surface area contributed by atoms with Gasteiger partial charge in [-0.1, -0.05) is 23.7 Å². The summed E-state index contributed by atoms with van der Waals surface area (Å²) in [6.07, 6.45) is 0. The molecule has 1 heterocycles. The van der Waals surface area contributed by atoms with Crippen LogP contribution >= 0.6 is 11.6 Å². The highest BCUT2D eigenvalue weighted by molar-refractivity contribution is 6.34. The topological polar surface area (TPSA) is 88.8 Å². The number of carboxylic acids is 1. The summed E-state index contributed by atoms with van der Waals surface area (Å²) >= 11 is 6.00. The molecule has 0 saturated carbocycles. The molecule has 0 bridgehead atoms. The molecule has 0 radical (unpaired) electrons. The molecule has 1 amide bonds. The van der Waals surface area contributed by atoms with E-state index in [-0.39, 0.29) is 22.0 Å². The second-order valence-corrected chi connectivity index (χ2v) is 5.35. The standard InChI is InChI=1S/C17H12ClNO5/c1-23-13-4-2-3-9-8-14(24-15(9)13)16(20)19-12-7-10(17(21)22)5-6-11(12)18/h2-8H,1H3,(H,19,20)(H,21,22). The zero-order valence-corrected chi connectivity index (χ0v) is 13.3. The van der Waals surface area contributed by atoms with Crippen LogP contribution in [0.15, 0.2) is 46.9 Å². The van der Waals surface area contributed by atoms with Gasteiger partial charge in [-0.2, -0.15) is 0 Å². The van der Waals surface area contributed by atoms with Gasteiger partial charge in [0.15, 0.2) is 17.1 Å². The molecule has 2 N–H and O–H groups in total. The van der Waals surface area contributed by atoms with E-state index >= 15 is 0 Å². The molecule has 3 rings (SSSR count). The number of aromatic carboxylic acids is 1. The van der Waals surface area contributed by atoms with Crippen molar-refractivity contribution in [3.05, 3.63) is 58.8 Å². The van der Waals surface area contributed by atoms with Crippen LogP contribution in [0.3, 0.4) is 0 Å². The van der Waals surface area contributed by atoms with Gasteiger partial charge in [0.05, 0.1) is 23.4 Å². The predicted molar refractivity (Wildman–Crippen MR) is 89.1 cm³/mol. The second kappa shape index (κ2) is 6.25. The minimum absolute atomic E-state index is 0.0148. The summed E-state index contributed by atoms with van der Waals surface area (Å²) in [6, 6.07) is 10.9. The molecule has 7 heteroatoms. The van der Waals surface area contributed by atoms with Gasteiger partial charge in [-0.3, -0.25) is 4.79 Å². The number of anilines is 1. The van der Waals surface area contributed by atoms with E-state index < -0.39 is 11.9 Å². The van der Waals surface area contributed by atoms with Crippen molar-refractivity contribution in [1.29, 1.82) is 0 Å². The summed E-state index contributed by atoms with van der Waals surface area (Å²) in [5.74, 6) is -1.09. The van der Waals surface area contributed by atoms with Crippen LogP contribution in [0.5, 0.6) is 5.75 Å². The number of hydrogen-bond acceptors (Lipinski definition) is 4. The molecule has 2 aromatic carbocycles. The highest BCUT2D eigenvalue weighted by Crippen LogP contribution is 2.29. The van der Waals surface area contributed by atoms with Crippen LogP contribution in [0.1, 0.15) is 20.9 Å². The number of hydrogen-bond donors (Lipinski definition) is 2. The maximum absolute atomic E-state index is 12.4. The molecular weight excluding hydrogens is 334 g/mol. The molecule has 0 saturated heterocycles. The number of halogens is 1. The van der Waals surface area contributed by atoms with Crippen molar-refractivity contribution in [3.8, 4) is 5.75 Å². The van der Waals surface area contributed by atoms with Gasteiger partial charge in [-0.15, -0.1) is 0 Å². The first kappa shape index (κ1) is 15.9. The normalized spacial score (nSPS) is 10.6. The van der Waals surface area contributed by atoms with Crippen molar-refractivity contribution >= 4 is 40.1 Å². The molecule has 0 spiro atoms. The number of ether oxygens (including phenoxy) is 1. The van der Waals surface area contributed by atoms with Crippen LogP contribution in [0, 0.1) is 0 Å². The monoisotopic (exact) mass is 345 g/mol. The van der Waals surface area contributed by atoms with E-state index in [4.69, 9.17) is 25.9 Å². The summed E-state index contributed by atoms with van der Waals surface area (Å²) < 4.78 is 10.7. The van der Waals surface area contributed by atoms with E-state index in [1.165, 1.54) is 25.3 Å². The fourth-order valence-corrected chi connectivity index (χ4v) is 2.41. The first-order valence-electron chi connectivity index (χ1n) is 6.90. The average Bonchev–Trinajstić information content (AvgIpc) is 3.00. The Balaban J connectivity index is 1.93. The first-order valence-corrected chi connectivity index (χ1v) is 7.28. The molecule has 0 fully saturated rings. The summed E-state index contributed by atoms with van der Waals surface area (Å²) in [6.45, 7) is 0. The van der Waals surface area contributed by atoms with E-state index in [1.807, 2.05) is 0 Å². The quantitative estimate of drug-likeness (QED) is 0.744. The smallest absolute Gasteiger partial charge is 0.335 e. The fraction of sp³-hybridized carbons (Fsp3) is 0.0588. The van der Waals surface area contributed by atoms with Crippen molar-refractivity contribution in [1.82, 2.24) is 0 Å². The SMILES string of the molecule is COc1cccc2cc(C(=O)Nc3cc(C(=O)O)ccc3Cl)oc12. The van der Waals surface area contributed by atoms with Crippen LogP contribution in [-0.4, -0.2) is 24.1 Å². The lowest BCUT2D eigenvalue weighted by molar-refractivity contribution is 0.0696. The van der Waals surface area contributed by atoms with Crippen LogP contribution in [0.25, 0.3) is 11.0 Å². The van der Waals surface area contributed by atoms with Crippen molar-refractivity contribution in [2.45, 2.75) is 0 Å². The van der Waals surface area contributed by atoms with Crippen molar-refractivity contribution in [2.24, 2.45) is 0 Å². The van der Waals surface area contributed by atoms with Crippen molar-refractivity contribution < 1.29 is 23.8 Å². The molecular formula is C17H12ClNO5. The lowest BCUT2D eigenvalue weighted by Gasteiger charge is -2.06. The lowest BCUT2D eigenvalue weighted by atomic mass is 10.2. The van der Waals surface area contributed by atoms with E-state index in [1.54, 1.807) is 24.3 Å². The first-order chi connectivity index (χ1) is 11.5. The average molecular weight is 346 g/mol. The van der Waals surface area contributed by atoms with Crippen LogP contribution in [0.2, 0.25) is 5.02 Å². The number of carbonyl (C=O) groups is 2. The molecule has 1 aromatic heterocycles. The summed E-state index contributed by atoms with van der Waals surface area (Å²) in [5, 5.41) is 12.5. The molecule has 0 unspecified atom stereocenters. The molecule has 0 aliphatic rings. The number of amides is 1. The molecule has 6 nitrogen and oxygen atoms in total. The highest BCUT2D eigenvalue weighted by atomic mass is 35.5. The molecule has 24 heavy (non-hydrogen) atoms. The Morgan fingerprint density at radius 2 is 2.00 bits per heavy atom. The third kappa shape index (κ3) is 2.91. The summed E-state index contributed by atoms with van der Waals surface area (Å²) in [5.41, 5.74) is 0.658. The molecule has 0 aliphatic heterocycles. The van der Waals surface area contributed by atoms with Gasteiger partial charge < -0.3 is 19.6 Å². The van der Waals surface area contributed by atoms with Crippen LogP contribution < -0.4 is 10.1 Å². The van der Waals surface area contributed by atoms with Gasteiger partial charge in [0.1, 0.15) is 0 Å². The molecule has 122 valence electrons. The Morgan fingerprint density at radius 3 is 2.71 bits per heavy atom. The minimum atomic E-state index is -1.12. The van der Waals surface area contributed by atoms with Crippen molar-refractivity contribution in [3.63, 3.8) is 0 Å². The number of rotatable bonds is 4. The number of benzene rings is 2. The van der Waals surface area contributed by atoms with Gasteiger partial charge in [-0.05, 0) is 30.3 Å². The zero-order valence-electron chi connectivity index (χ0n) is 12.5. The molecule has 0 aliphatic carbocycles. The maximum atomic E-state index is 12.4. The Morgan fingerprint density at radius 1 is 1.21 bits per heavy atom. The van der Waals surface area contributed by atoms with Crippen molar-refractivity contribution in [2.75, 3.05) is 12.4 Å². The van der Waals surface area contributed by atoms with Crippen LogP contribution in [-0.2, 0) is 0 Å². The van der Waals surface area contributed by atoms with Gasteiger partial charge in [0.2, 0.25) is 0 Å². The molecule has 3 aromatic rings. The Bertz CT molecular complexity index is 947. The summed E-state index contributed by atoms with van der Waals surface area (Å²) in [4.78, 5) is 23.4. The van der Waals surface area contributed by atoms with E-state index in [9.17, 15) is 9.59 Å². The Labute approximate surface area is 141 Å². The lowest BCUT2D eigenvalue weighted by Crippen LogP contribution is -2.12. The van der Waals surface area contributed by atoms with Crippen LogP contribution in [0.4, 0.5) is 5.69 Å². The molecule has 0 atom stereocenters. The Kier molecular flexibility index (Phi) is 4.14. The third-order valence-corrected chi connectivity index (χ3v) is 3.74. The van der Waals surface area contributed by atoms with Gasteiger partial charge in [0, 0.05) is 5.39 Å². The largest absolute Gasteiger partial charge is 0.493 e. The Hall–Kier alpha value is -2.99. The minimum Gasteiger partial charge on any atom is -0.493 e. The second-order valence-electron chi connectivity index (χ2n) is 4.94. The zero-order chi connectivity index (χ0) is 17.3. The van der Waals surface area contributed by atoms with Gasteiger partial charge >= 0.3 is 5.97 Å². The van der Waals surface area contributed by atoms with E-state index in [0.29, 0.717) is 16.7 Å². The predicted octanol–water partition coefficient (Wildman–Crippen LogP) is 4.05. The number of nitrogens with one attached hydrogen (secondary N) is 1.